The van der Waals surface area contributed by atoms with Crippen LogP contribution in [0.5, 0.6) is 11.5 Å². The smallest absolute Gasteiger partial charge is 0.339 e. The molecular weight excluding hydrogens is 242 g/mol. The minimum atomic E-state index is -1.06. The first-order valence-corrected chi connectivity index (χ1v) is 5.15. The van der Waals surface area contributed by atoms with Gasteiger partial charge in [0.1, 0.15) is 11.3 Å². The Kier molecular flexibility index (Phi) is 3.25. The van der Waals surface area contributed by atoms with E-state index in [1.165, 1.54) is 18.5 Å². The van der Waals surface area contributed by atoms with Crippen molar-refractivity contribution in [1.82, 2.24) is 4.98 Å². The highest BCUT2D eigenvalue weighted by atomic mass is 35.5. The average molecular weight is 250 g/mol. The van der Waals surface area contributed by atoms with Crippen LogP contribution in [0.3, 0.4) is 0 Å². The van der Waals surface area contributed by atoms with E-state index in [-0.39, 0.29) is 11.3 Å². The number of ether oxygens (including phenoxy) is 1. The van der Waals surface area contributed by atoms with Gasteiger partial charge in [0, 0.05) is 11.2 Å². The minimum absolute atomic E-state index is 0.0648. The van der Waals surface area contributed by atoms with E-state index in [4.69, 9.17) is 21.4 Å². The van der Waals surface area contributed by atoms with E-state index in [1.54, 1.807) is 24.3 Å². The number of aromatic carboxylic acids is 1. The highest BCUT2D eigenvalue weighted by Crippen LogP contribution is 2.25. The second kappa shape index (κ2) is 4.84. The molecule has 0 bridgehead atoms. The molecular formula is C12H8ClNO3. The van der Waals surface area contributed by atoms with Crippen molar-refractivity contribution in [3.63, 3.8) is 0 Å². The molecule has 0 aliphatic rings. The summed E-state index contributed by atoms with van der Waals surface area (Å²) in [5, 5.41) is 9.54. The van der Waals surface area contributed by atoms with Crippen LogP contribution in [0.15, 0.2) is 42.7 Å². The number of halogens is 1. The lowest BCUT2D eigenvalue weighted by molar-refractivity contribution is 0.0694. The van der Waals surface area contributed by atoms with Gasteiger partial charge in [-0.05, 0) is 30.3 Å². The first kappa shape index (κ1) is 11.4. The second-order valence-corrected chi connectivity index (χ2v) is 3.67. The molecule has 17 heavy (non-hydrogen) atoms. The van der Waals surface area contributed by atoms with Crippen LogP contribution in [-0.2, 0) is 0 Å². The summed E-state index contributed by atoms with van der Waals surface area (Å²) >= 11 is 5.73. The maximum absolute atomic E-state index is 10.9. The number of pyridine rings is 1. The molecule has 1 heterocycles. The van der Waals surface area contributed by atoms with Crippen LogP contribution in [0.1, 0.15) is 10.4 Å². The maximum Gasteiger partial charge on any atom is 0.339 e. The summed E-state index contributed by atoms with van der Waals surface area (Å²) < 4.78 is 5.42. The Morgan fingerprint density at radius 3 is 2.59 bits per heavy atom. The molecule has 86 valence electrons. The number of hydrogen-bond acceptors (Lipinski definition) is 3. The Labute approximate surface area is 102 Å². The van der Waals surface area contributed by atoms with Crippen LogP contribution in [0, 0.1) is 0 Å². The van der Waals surface area contributed by atoms with E-state index in [1.807, 2.05) is 0 Å². The van der Waals surface area contributed by atoms with Gasteiger partial charge in [0.15, 0.2) is 5.75 Å². The molecule has 2 aromatic rings. The predicted octanol–water partition coefficient (Wildman–Crippen LogP) is 3.23. The molecule has 0 unspecified atom stereocenters. The number of carboxylic acids is 1. The van der Waals surface area contributed by atoms with Crippen molar-refractivity contribution in [1.29, 1.82) is 0 Å². The monoisotopic (exact) mass is 249 g/mol. The third-order valence-corrected chi connectivity index (χ3v) is 2.31. The van der Waals surface area contributed by atoms with Gasteiger partial charge in [0.2, 0.25) is 0 Å². The fraction of sp³-hybridized carbons (Fsp3) is 0. The van der Waals surface area contributed by atoms with Crippen LogP contribution in [0.2, 0.25) is 5.02 Å². The Morgan fingerprint density at radius 1 is 1.24 bits per heavy atom. The van der Waals surface area contributed by atoms with Crippen LogP contribution in [0.25, 0.3) is 0 Å². The average Bonchev–Trinajstić information content (AvgIpc) is 2.32. The third-order valence-electron chi connectivity index (χ3n) is 2.06. The fourth-order valence-electron chi connectivity index (χ4n) is 1.27. The molecule has 5 heteroatoms. The molecule has 1 N–H and O–H groups in total. The number of carboxylic acid groups (broad SMARTS) is 1. The van der Waals surface area contributed by atoms with E-state index in [0.29, 0.717) is 10.8 Å². The molecule has 0 amide bonds. The van der Waals surface area contributed by atoms with E-state index in [0.717, 1.165) is 0 Å². The van der Waals surface area contributed by atoms with Crippen molar-refractivity contribution in [2.24, 2.45) is 0 Å². The van der Waals surface area contributed by atoms with Gasteiger partial charge in [-0.25, -0.2) is 4.79 Å². The highest BCUT2D eigenvalue weighted by molar-refractivity contribution is 6.30. The van der Waals surface area contributed by atoms with E-state index < -0.39 is 5.97 Å². The molecule has 4 nitrogen and oxygen atoms in total. The normalized spacial score (nSPS) is 9.94. The summed E-state index contributed by atoms with van der Waals surface area (Å²) in [6.45, 7) is 0. The SMILES string of the molecule is O=C(O)c1ccncc1Oc1ccc(Cl)cc1. The Balaban J connectivity index is 2.30. The lowest BCUT2D eigenvalue weighted by Crippen LogP contribution is -2.00. The predicted molar refractivity (Wildman–Crippen MR) is 62.7 cm³/mol. The van der Waals surface area contributed by atoms with Crippen LogP contribution in [-0.4, -0.2) is 16.1 Å². The molecule has 0 saturated heterocycles. The van der Waals surface area contributed by atoms with E-state index in [9.17, 15) is 4.79 Å². The quantitative estimate of drug-likeness (QED) is 0.907. The van der Waals surface area contributed by atoms with Gasteiger partial charge in [-0.3, -0.25) is 4.98 Å². The number of benzene rings is 1. The van der Waals surface area contributed by atoms with Gasteiger partial charge in [-0.15, -0.1) is 0 Å². The molecule has 0 radical (unpaired) electrons. The minimum Gasteiger partial charge on any atom is -0.478 e. The molecule has 0 spiro atoms. The summed E-state index contributed by atoms with van der Waals surface area (Å²) in [4.78, 5) is 14.8. The molecule has 0 aliphatic carbocycles. The molecule has 0 aliphatic heterocycles. The summed E-state index contributed by atoms with van der Waals surface area (Å²) in [5.41, 5.74) is 0.0648. The zero-order chi connectivity index (χ0) is 12.3. The zero-order valence-corrected chi connectivity index (χ0v) is 9.39. The summed E-state index contributed by atoms with van der Waals surface area (Å²) in [5.74, 6) is -0.358. The molecule has 0 fully saturated rings. The lowest BCUT2D eigenvalue weighted by atomic mass is 10.2. The van der Waals surface area contributed by atoms with E-state index >= 15 is 0 Å². The molecule has 0 saturated carbocycles. The van der Waals surface area contributed by atoms with Crippen molar-refractivity contribution in [3.8, 4) is 11.5 Å². The summed E-state index contributed by atoms with van der Waals surface area (Å²) in [6.07, 6.45) is 2.76. The van der Waals surface area contributed by atoms with Crippen molar-refractivity contribution < 1.29 is 14.6 Å². The van der Waals surface area contributed by atoms with E-state index in [2.05, 4.69) is 4.98 Å². The van der Waals surface area contributed by atoms with Crippen molar-refractivity contribution in [3.05, 3.63) is 53.3 Å². The Bertz CT molecular complexity index is 540. The lowest BCUT2D eigenvalue weighted by Gasteiger charge is -2.07. The largest absolute Gasteiger partial charge is 0.478 e. The number of aromatic nitrogens is 1. The molecule has 1 aromatic heterocycles. The maximum atomic E-state index is 10.9. The molecule has 2 rings (SSSR count). The Morgan fingerprint density at radius 2 is 1.94 bits per heavy atom. The van der Waals surface area contributed by atoms with Gasteiger partial charge in [0.25, 0.3) is 0 Å². The standard InChI is InChI=1S/C12H8ClNO3/c13-8-1-3-9(4-2-8)17-11-7-14-6-5-10(11)12(15)16/h1-7H,(H,15,16). The fourth-order valence-corrected chi connectivity index (χ4v) is 1.39. The zero-order valence-electron chi connectivity index (χ0n) is 8.63. The summed E-state index contributed by atoms with van der Waals surface area (Å²) in [7, 11) is 0. The van der Waals surface area contributed by atoms with Crippen molar-refractivity contribution in [2.45, 2.75) is 0 Å². The summed E-state index contributed by atoms with van der Waals surface area (Å²) in [6, 6.07) is 8.01. The van der Waals surface area contributed by atoms with Crippen molar-refractivity contribution >= 4 is 17.6 Å². The van der Waals surface area contributed by atoms with Gasteiger partial charge in [-0.2, -0.15) is 0 Å². The Hall–Kier alpha value is -2.07. The number of carbonyl (C=O) groups is 1. The van der Waals surface area contributed by atoms with Crippen molar-refractivity contribution in [2.75, 3.05) is 0 Å². The van der Waals surface area contributed by atoms with Crippen LogP contribution in [0.4, 0.5) is 0 Å². The first-order chi connectivity index (χ1) is 8.16. The topological polar surface area (TPSA) is 59.4 Å². The van der Waals surface area contributed by atoms with Gasteiger partial charge in [-0.1, -0.05) is 11.6 Å². The third kappa shape index (κ3) is 2.73. The highest BCUT2D eigenvalue weighted by Gasteiger charge is 2.11. The van der Waals surface area contributed by atoms with Crippen LogP contribution >= 0.6 is 11.6 Å². The number of nitrogens with zero attached hydrogens (tertiary/aromatic N) is 1. The molecule has 1 aromatic carbocycles. The molecule has 0 atom stereocenters. The van der Waals surface area contributed by atoms with Gasteiger partial charge >= 0.3 is 5.97 Å². The number of rotatable bonds is 3. The van der Waals surface area contributed by atoms with Gasteiger partial charge < -0.3 is 9.84 Å². The van der Waals surface area contributed by atoms with Crippen LogP contribution < -0.4 is 4.74 Å². The van der Waals surface area contributed by atoms with Gasteiger partial charge in [0.05, 0.1) is 6.20 Å². The second-order valence-electron chi connectivity index (χ2n) is 3.23. The first-order valence-electron chi connectivity index (χ1n) is 4.77. The number of hydrogen-bond donors (Lipinski definition) is 1.